The van der Waals surface area contributed by atoms with E-state index in [1.807, 2.05) is 6.07 Å². The fourth-order valence-electron chi connectivity index (χ4n) is 5.31. The Hall–Kier alpha value is -3.08. The lowest BCUT2D eigenvalue weighted by molar-refractivity contribution is -0.142. The molecule has 0 bridgehead atoms. The van der Waals surface area contributed by atoms with Gasteiger partial charge in [-0.25, -0.2) is 0 Å². The van der Waals surface area contributed by atoms with Gasteiger partial charge in [0.05, 0.1) is 23.5 Å². The average Bonchev–Trinajstić information content (AvgIpc) is 3.71. The number of halogens is 6. The molecule has 1 saturated heterocycles. The van der Waals surface area contributed by atoms with E-state index in [9.17, 15) is 41.0 Å². The van der Waals surface area contributed by atoms with E-state index in [2.05, 4.69) is 0 Å². The standard InChI is InChI=1S/C28H29F6NO4/c1-16(22-14-20(27(29,30)31)7-8-24(22)28(32,33)34)35-11-9-18(10-12-35)26(38)39-21-4-2-3-19(13-21)23(15-25(36)37)17-5-6-17/h2-4,7-8,13-14,16-18,23H,5-6,9-12,15H2,1H3,(H,36,37)/t16?,23-/m0/s1. The van der Waals surface area contributed by atoms with E-state index in [4.69, 9.17) is 4.74 Å². The Morgan fingerprint density at radius 2 is 1.64 bits per heavy atom. The highest BCUT2D eigenvalue weighted by Gasteiger charge is 2.40. The Morgan fingerprint density at radius 1 is 0.974 bits per heavy atom. The number of ether oxygens (including phenoxy) is 1. The zero-order valence-corrected chi connectivity index (χ0v) is 21.2. The monoisotopic (exact) mass is 557 g/mol. The highest BCUT2D eigenvalue weighted by molar-refractivity contribution is 5.75. The Kier molecular flexibility index (Phi) is 8.30. The number of rotatable bonds is 8. The first-order valence-corrected chi connectivity index (χ1v) is 12.8. The van der Waals surface area contributed by atoms with Gasteiger partial charge >= 0.3 is 24.3 Å². The number of benzene rings is 2. The molecule has 0 aromatic heterocycles. The van der Waals surface area contributed by atoms with Crippen LogP contribution in [-0.2, 0) is 21.9 Å². The van der Waals surface area contributed by atoms with E-state index in [0.29, 0.717) is 23.9 Å². The van der Waals surface area contributed by atoms with Crippen molar-refractivity contribution in [2.75, 3.05) is 13.1 Å². The summed E-state index contributed by atoms with van der Waals surface area (Å²) >= 11 is 0. The third-order valence-corrected chi connectivity index (χ3v) is 7.64. The third kappa shape index (κ3) is 7.12. The van der Waals surface area contributed by atoms with Crippen molar-refractivity contribution in [1.82, 2.24) is 4.90 Å². The molecule has 2 aromatic rings. The van der Waals surface area contributed by atoms with Crippen LogP contribution in [0.1, 0.15) is 73.2 Å². The van der Waals surface area contributed by atoms with E-state index in [1.54, 1.807) is 23.1 Å². The molecule has 2 aromatic carbocycles. The Balaban J connectivity index is 1.41. The van der Waals surface area contributed by atoms with Crippen LogP contribution in [0, 0.1) is 11.8 Å². The highest BCUT2D eigenvalue weighted by Crippen LogP contribution is 2.45. The second kappa shape index (κ2) is 11.2. The summed E-state index contributed by atoms with van der Waals surface area (Å²) in [4.78, 5) is 25.8. The molecule has 2 fully saturated rings. The lowest BCUT2D eigenvalue weighted by Gasteiger charge is -2.36. The number of esters is 1. The van der Waals surface area contributed by atoms with Crippen molar-refractivity contribution in [2.24, 2.45) is 11.8 Å². The first-order chi connectivity index (χ1) is 18.2. The molecule has 1 saturated carbocycles. The van der Waals surface area contributed by atoms with Crippen molar-refractivity contribution in [1.29, 1.82) is 0 Å². The number of carbonyl (C=O) groups is 2. The average molecular weight is 558 g/mol. The minimum Gasteiger partial charge on any atom is -0.481 e. The van der Waals surface area contributed by atoms with Crippen LogP contribution in [0.4, 0.5) is 26.3 Å². The van der Waals surface area contributed by atoms with Crippen LogP contribution in [0.3, 0.4) is 0 Å². The Morgan fingerprint density at radius 3 is 2.21 bits per heavy atom. The minimum atomic E-state index is -4.81. The van der Waals surface area contributed by atoms with Gasteiger partial charge in [0.2, 0.25) is 0 Å². The fourth-order valence-corrected chi connectivity index (χ4v) is 5.31. The van der Waals surface area contributed by atoms with Crippen molar-refractivity contribution in [2.45, 2.75) is 63.3 Å². The normalized spacial score (nSPS) is 18.9. The number of nitrogens with zero attached hydrogens (tertiary/aromatic N) is 1. The van der Waals surface area contributed by atoms with Gasteiger partial charge in [-0.2, -0.15) is 26.3 Å². The molecule has 1 aliphatic carbocycles. The number of alkyl halides is 6. The van der Waals surface area contributed by atoms with E-state index < -0.39 is 52.9 Å². The van der Waals surface area contributed by atoms with E-state index in [0.717, 1.165) is 18.4 Å². The molecule has 2 atom stereocenters. The van der Waals surface area contributed by atoms with Gasteiger partial charge in [0.25, 0.3) is 0 Å². The van der Waals surface area contributed by atoms with Crippen LogP contribution in [0.15, 0.2) is 42.5 Å². The van der Waals surface area contributed by atoms with Gasteiger partial charge in [0.1, 0.15) is 5.75 Å². The van der Waals surface area contributed by atoms with Crippen molar-refractivity contribution < 1.29 is 45.8 Å². The number of piperidine rings is 1. The van der Waals surface area contributed by atoms with Crippen molar-refractivity contribution in [3.8, 4) is 5.75 Å². The van der Waals surface area contributed by atoms with Gasteiger partial charge in [-0.15, -0.1) is 0 Å². The Labute approximate surface area is 221 Å². The molecule has 1 unspecified atom stereocenters. The lowest BCUT2D eigenvalue weighted by Crippen LogP contribution is -2.39. The summed E-state index contributed by atoms with van der Waals surface area (Å²) in [7, 11) is 0. The predicted molar refractivity (Wildman–Crippen MR) is 129 cm³/mol. The van der Waals surface area contributed by atoms with Crippen LogP contribution in [0.5, 0.6) is 5.75 Å². The van der Waals surface area contributed by atoms with Gasteiger partial charge in [-0.1, -0.05) is 12.1 Å². The molecule has 5 nitrogen and oxygen atoms in total. The molecule has 4 rings (SSSR count). The molecule has 11 heteroatoms. The van der Waals surface area contributed by atoms with Crippen molar-refractivity contribution in [3.63, 3.8) is 0 Å². The molecule has 1 heterocycles. The highest BCUT2D eigenvalue weighted by atomic mass is 19.4. The molecule has 2 aliphatic rings. The maximum atomic E-state index is 13.6. The van der Waals surface area contributed by atoms with Gasteiger partial charge in [0, 0.05) is 6.04 Å². The molecule has 212 valence electrons. The maximum absolute atomic E-state index is 13.6. The molecular formula is C28H29F6NO4. The third-order valence-electron chi connectivity index (χ3n) is 7.64. The fraction of sp³-hybridized carbons (Fsp3) is 0.500. The Bertz CT molecular complexity index is 1200. The van der Waals surface area contributed by atoms with Crippen molar-refractivity contribution >= 4 is 11.9 Å². The van der Waals surface area contributed by atoms with Crippen LogP contribution >= 0.6 is 0 Å². The zero-order chi connectivity index (χ0) is 28.5. The molecule has 1 N–H and O–H groups in total. The molecule has 0 spiro atoms. The summed E-state index contributed by atoms with van der Waals surface area (Å²) in [6.45, 7) is 1.84. The number of carboxylic acids is 1. The molecular weight excluding hydrogens is 528 g/mol. The number of likely N-dealkylation sites (tertiary alicyclic amines) is 1. The van der Waals surface area contributed by atoms with Gasteiger partial charge in [-0.05, 0) is 99.0 Å². The van der Waals surface area contributed by atoms with Crippen LogP contribution in [-0.4, -0.2) is 35.0 Å². The largest absolute Gasteiger partial charge is 0.481 e. The summed E-state index contributed by atoms with van der Waals surface area (Å²) in [5.41, 5.74) is -1.93. The number of carbonyl (C=O) groups excluding carboxylic acids is 1. The number of hydrogen-bond donors (Lipinski definition) is 1. The maximum Gasteiger partial charge on any atom is 0.416 e. The van der Waals surface area contributed by atoms with Gasteiger partial charge in [-0.3, -0.25) is 14.5 Å². The SMILES string of the molecule is CC(c1cc(C(F)(F)F)ccc1C(F)(F)F)N1CCC(C(=O)Oc2cccc([C@@H](CC(=O)O)C3CC3)c2)CC1. The minimum absolute atomic E-state index is 0.0133. The smallest absolute Gasteiger partial charge is 0.416 e. The van der Waals surface area contributed by atoms with Crippen molar-refractivity contribution in [3.05, 3.63) is 64.7 Å². The molecule has 0 amide bonds. The first kappa shape index (κ1) is 28.9. The second-order valence-corrected chi connectivity index (χ2v) is 10.3. The van der Waals surface area contributed by atoms with E-state index in [1.165, 1.54) is 6.92 Å². The summed E-state index contributed by atoms with van der Waals surface area (Å²) in [5, 5.41) is 9.25. The van der Waals surface area contributed by atoms with Crippen LogP contribution in [0.2, 0.25) is 0 Å². The molecule has 1 aliphatic heterocycles. The van der Waals surface area contributed by atoms with Crippen LogP contribution in [0.25, 0.3) is 0 Å². The first-order valence-electron chi connectivity index (χ1n) is 12.8. The summed E-state index contributed by atoms with van der Waals surface area (Å²) in [5.74, 6) is -1.52. The second-order valence-electron chi connectivity index (χ2n) is 10.3. The van der Waals surface area contributed by atoms with Crippen LogP contribution < -0.4 is 4.74 Å². The summed E-state index contributed by atoms with van der Waals surface area (Å²) < 4.78 is 85.9. The quantitative estimate of drug-likeness (QED) is 0.214. The number of hydrogen-bond acceptors (Lipinski definition) is 4. The number of carboxylic acid groups (broad SMARTS) is 1. The predicted octanol–water partition coefficient (Wildman–Crippen LogP) is 7.07. The molecule has 0 radical (unpaired) electrons. The topological polar surface area (TPSA) is 66.8 Å². The number of aliphatic carboxylic acids is 1. The zero-order valence-electron chi connectivity index (χ0n) is 21.2. The van der Waals surface area contributed by atoms with E-state index >= 15 is 0 Å². The van der Waals surface area contributed by atoms with E-state index in [-0.39, 0.29) is 44.2 Å². The molecule has 39 heavy (non-hydrogen) atoms. The summed E-state index contributed by atoms with van der Waals surface area (Å²) in [6.07, 6.45) is -7.17. The lowest BCUT2D eigenvalue weighted by atomic mass is 9.91. The van der Waals surface area contributed by atoms with Gasteiger partial charge < -0.3 is 9.84 Å². The summed E-state index contributed by atoms with van der Waals surface area (Å²) in [6, 6.07) is 7.30. The van der Waals surface area contributed by atoms with Gasteiger partial charge in [0.15, 0.2) is 0 Å².